The van der Waals surface area contributed by atoms with E-state index in [1.165, 1.54) is 34.6 Å². The van der Waals surface area contributed by atoms with E-state index >= 15 is 0 Å². The lowest BCUT2D eigenvalue weighted by Gasteiger charge is -2.35. The topological polar surface area (TPSA) is 39.7 Å². The smallest absolute Gasteiger partial charge is 0.191 e. The number of hydrogen-bond acceptors (Lipinski definition) is 3. The second-order valence-corrected chi connectivity index (χ2v) is 8.23. The number of likely N-dealkylation sites (tertiary alicyclic amines) is 1. The SMILES string of the molecule is CN=C(NCc1ccc(Br)s1)NC1CCN(C(C)C)CC1. The number of piperidine rings is 1. The van der Waals surface area contributed by atoms with Crippen molar-refractivity contribution in [2.75, 3.05) is 20.1 Å². The highest BCUT2D eigenvalue weighted by atomic mass is 79.9. The van der Waals surface area contributed by atoms with Crippen LogP contribution in [-0.2, 0) is 6.54 Å². The van der Waals surface area contributed by atoms with Crippen LogP contribution < -0.4 is 10.6 Å². The van der Waals surface area contributed by atoms with Crippen molar-refractivity contribution in [2.24, 2.45) is 4.99 Å². The molecule has 0 aromatic carbocycles. The van der Waals surface area contributed by atoms with Crippen LogP contribution in [-0.4, -0.2) is 43.1 Å². The summed E-state index contributed by atoms with van der Waals surface area (Å²) in [5.74, 6) is 0.905. The molecule has 0 spiro atoms. The van der Waals surface area contributed by atoms with Gasteiger partial charge in [0.2, 0.25) is 0 Å². The molecule has 0 bridgehead atoms. The fourth-order valence-corrected chi connectivity index (χ4v) is 3.99. The summed E-state index contributed by atoms with van der Waals surface area (Å²) in [4.78, 5) is 8.18. The minimum Gasteiger partial charge on any atom is -0.354 e. The summed E-state index contributed by atoms with van der Waals surface area (Å²) in [6.45, 7) is 7.70. The van der Waals surface area contributed by atoms with E-state index in [0.717, 1.165) is 12.5 Å². The number of hydrogen-bond donors (Lipinski definition) is 2. The van der Waals surface area contributed by atoms with Crippen molar-refractivity contribution in [1.29, 1.82) is 0 Å². The molecule has 1 saturated heterocycles. The van der Waals surface area contributed by atoms with E-state index in [-0.39, 0.29) is 0 Å². The molecular weight excluding hydrogens is 348 g/mol. The third kappa shape index (κ3) is 5.27. The van der Waals surface area contributed by atoms with E-state index in [1.54, 1.807) is 11.3 Å². The Morgan fingerprint density at radius 1 is 1.43 bits per heavy atom. The molecule has 0 atom stereocenters. The van der Waals surface area contributed by atoms with Gasteiger partial charge in [0.25, 0.3) is 0 Å². The minimum absolute atomic E-state index is 0.529. The van der Waals surface area contributed by atoms with Crippen LogP contribution in [0.15, 0.2) is 20.9 Å². The number of nitrogens with zero attached hydrogens (tertiary/aromatic N) is 2. The summed E-state index contributed by atoms with van der Waals surface area (Å²) in [6, 6.07) is 5.40. The molecule has 0 unspecified atom stereocenters. The summed E-state index contributed by atoms with van der Waals surface area (Å²) >= 11 is 5.25. The molecule has 0 aliphatic carbocycles. The van der Waals surface area contributed by atoms with E-state index < -0.39 is 0 Å². The molecule has 0 saturated carbocycles. The van der Waals surface area contributed by atoms with Gasteiger partial charge in [-0.3, -0.25) is 4.99 Å². The predicted octanol–water partition coefficient (Wildman–Crippen LogP) is 3.05. The van der Waals surface area contributed by atoms with Crippen LogP contribution in [0.5, 0.6) is 0 Å². The van der Waals surface area contributed by atoms with Crippen molar-refractivity contribution in [3.05, 3.63) is 20.8 Å². The van der Waals surface area contributed by atoms with E-state index in [9.17, 15) is 0 Å². The van der Waals surface area contributed by atoms with Crippen LogP contribution in [0.25, 0.3) is 0 Å². The number of nitrogens with one attached hydrogen (secondary N) is 2. The quantitative estimate of drug-likeness (QED) is 0.630. The van der Waals surface area contributed by atoms with Gasteiger partial charge in [-0.05, 0) is 54.8 Å². The maximum absolute atomic E-state index is 4.33. The monoisotopic (exact) mass is 372 g/mol. The first-order chi connectivity index (χ1) is 10.1. The van der Waals surface area contributed by atoms with E-state index in [4.69, 9.17) is 0 Å². The van der Waals surface area contributed by atoms with Gasteiger partial charge < -0.3 is 15.5 Å². The van der Waals surface area contributed by atoms with Crippen LogP contribution in [0.3, 0.4) is 0 Å². The highest BCUT2D eigenvalue weighted by molar-refractivity contribution is 9.11. The first-order valence-electron chi connectivity index (χ1n) is 7.54. The fraction of sp³-hybridized carbons (Fsp3) is 0.667. The van der Waals surface area contributed by atoms with Crippen LogP contribution in [0.2, 0.25) is 0 Å². The fourth-order valence-electron chi connectivity index (χ4n) is 2.57. The van der Waals surface area contributed by atoms with Crippen molar-refractivity contribution < 1.29 is 0 Å². The second-order valence-electron chi connectivity index (χ2n) is 5.68. The zero-order valence-corrected chi connectivity index (χ0v) is 15.4. The Labute approximate surface area is 140 Å². The molecule has 1 fully saturated rings. The van der Waals surface area contributed by atoms with Gasteiger partial charge in [-0.25, -0.2) is 0 Å². The van der Waals surface area contributed by atoms with Crippen molar-refractivity contribution in [3.63, 3.8) is 0 Å². The molecule has 0 radical (unpaired) electrons. The molecule has 2 N–H and O–H groups in total. The molecule has 2 rings (SSSR count). The van der Waals surface area contributed by atoms with E-state index in [2.05, 4.69) is 62.4 Å². The average molecular weight is 373 g/mol. The molecule has 0 amide bonds. The third-order valence-electron chi connectivity index (χ3n) is 3.88. The Morgan fingerprint density at radius 2 is 2.14 bits per heavy atom. The van der Waals surface area contributed by atoms with Crippen molar-refractivity contribution in [1.82, 2.24) is 15.5 Å². The lowest BCUT2D eigenvalue weighted by atomic mass is 10.0. The van der Waals surface area contributed by atoms with Gasteiger partial charge in [-0.2, -0.15) is 0 Å². The largest absolute Gasteiger partial charge is 0.354 e. The van der Waals surface area contributed by atoms with Gasteiger partial charge in [-0.1, -0.05) is 0 Å². The Balaban J connectivity index is 1.75. The van der Waals surface area contributed by atoms with Gasteiger partial charge in [0.1, 0.15) is 0 Å². The van der Waals surface area contributed by atoms with Crippen molar-refractivity contribution >= 4 is 33.2 Å². The second kappa shape index (κ2) is 8.15. The van der Waals surface area contributed by atoms with Gasteiger partial charge in [0, 0.05) is 37.1 Å². The van der Waals surface area contributed by atoms with E-state index in [0.29, 0.717) is 12.1 Å². The Kier molecular flexibility index (Phi) is 6.51. The third-order valence-corrected chi connectivity index (χ3v) is 5.51. The summed E-state index contributed by atoms with van der Waals surface area (Å²) < 4.78 is 1.17. The number of aliphatic imine (C=N–C) groups is 1. The molecule has 4 nitrogen and oxygen atoms in total. The molecule has 2 heterocycles. The number of guanidine groups is 1. The molecule has 118 valence electrons. The van der Waals surface area contributed by atoms with Crippen molar-refractivity contribution in [3.8, 4) is 0 Å². The lowest BCUT2D eigenvalue weighted by molar-refractivity contribution is 0.167. The molecular formula is C15H25BrN4S. The number of halogens is 1. The van der Waals surface area contributed by atoms with E-state index in [1.807, 2.05) is 7.05 Å². The summed E-state index contributed by atoms with van der Waals surface area (Å²) in [5, 5.41) is 6.94. The highest BCUT2D eigenvalue weighted by Crippen LogP contribution is 2.21. The average Bonchev–Trinajstić information content (AvgIpc) is 2.89. The summed E-state index contributed by atoms with van der Waals surface area (Å²) in [6.07, 6.45) is 2.37. The van der Waals surface area contributed by atoms with Crippen LogP contribution in [0.4, 0.5) is 0 Å². The highest BCUT2D eigenvalue weighted by Gasteiger charge is 2.21. The van der Waals surface area contributed by atoms with Crippen LogP contribution >= 0.6 is 27.3 Å². The lowest BCUT2D eigenvalue weighted by Crippen LogP contribution is -2.49. The van der Waals surface area contributed by atoms with Crippen molar-refractivity contribution in [2.45, 2.75) is 45.3 Å². The van der Waals surface area contributed by atoms with Gasteiger partial charge >= 0.3 is 0 Å². The number of thiophene rings is 1. The van der Waals surface area contributed by atoms with Gasteiger partial charge in [0.05, 0.1) is 10.3 Å². The molecule has 6 heteroatoms. The first kappa shape index (κ1) is 16.8. The summed E-state index contributed by atoms with van der Waals surface area (Å²) in [5.41, 5.74) is 0. The standard InChI is InChI=1S/C15H25BrN4S/c1-11(2)20-8-6-12(7-9-20)19-15(17-3)18-10-13-4-5-14(16)21-13/h4-5,11-12H,6-10H2,1-3H3,(H2,17,18,19). The van der Waals surface area contributed by atoms with Gasteiger partial charge in [0.15, 0.2) is 5.96 Å². The zero-order valence-electron chi connectivity index (χ0n) is 13.0. The Bertz CT molecular complexity index is 464. The summed E-state index contributed by atoms with van der Waals surface area (Å²) in [7, 11) is 1.84. The van der Waals surface area contributed by atoms with Crippen LogP contribution in [0.1, 0.15) is 31.6 Å². The maximum Gasteiger partial charge on any atom is 0.191 e. The molecule has 21 heavy (non-hydrogen) atoms. The van der Waals surface area contributed by atoms with Crippen LogP contribution in [0, 0.1) is 0 Å². The molecule has 1 aromatic heterocycles. The minimum atomic E-state index is 0.529. The molecule has 1 aromatic rings. The number of rotatable bonds is 4. The molecule has 1 aliphatic rings. The first-order valence-corrected chi connectivity index (χ1v) is 9.15. The predicted molar refractivity (Wildman–Crippen MR) is 95.1 cm³/mol. The maximum atomic E-state index is 4.33. The zero-order chi connectivity index (χ0) is 15.2. The van der Waals surface area contributed by atoms with Gasteiger partial charge in [-0.15, -0.1) is 11.3 Å². The Morgan fingerprint density at radius 3 is 2.67 bits per heavy atom. The Hall–Kier alpha value is -0.590. The molecule has 1 aliphatic heterocycles. The normalized spacial score (nSPS) is 18.2.